The number of aromatic nitrogens is 3. The van der Waals surface area contributed by atoms with Crippen molar-refractivity contribution in [1.29, 1.82) is 0 Å². The van der Waals surface area contributed by atoms with Gasteiger partial charge in [-0.2, -0.15) is 0 Å². The van der Waals surface area contributed by atoms with Gasteiger partial charge in [-0.1, -0.05) is 12.1 Å². The number of nitrogen functional groups attached to an aromatic ring is 1. The molecule has 0 unspecified atom stereocenters. The number of fused-ring (bicyclic) bond motifs is 1. The number of H-pyrrole nitrogens is 1. The fourth-order valence-corrected chi connectivity index (χ4v) is 2.89. The van der Waals surface area contributed by atoms with Crippen LogP contribution in [0.5, 0.6) is 0 Å². The molecule has 2 aromatic heterocycles. The molecule has 0 saturated heterocycles. The molecule has 0 aliphatic carbocycles. The summed E-state index contributed by atoms with van der Waals surface area (Å²) in [5.41, 5.74) is 7.90. The number of hydrogen-bond donors (Lipinski definition) is 4. The summed E-state index contributed by atoms with van der Waals surface area (Å²) < 4.78 is 13.0. The second-order valence-corrected chi connectivity index (χ2v) is 6.18. The Morgan fingerprint density at radius 1 is 1.00 bits per heavy atom. The lowest BCUT2D eigenvalue weighted by atomic mass is 10.0. The van der Waals surface area contributed by atoms with E-state index in [-0.39, 0.29) is 11.6 Å². The first kappa shape index (κ1) is 18.1. The van der Waals surface area contributed by atoms with Crippen LogP contribution < -0.4 is 16.4 Å². The van der Waals surface area contributed by atoms with Gasteiger partial charge in [-0.25, -0.2) is 19.2 Å². The minimum absolute atomic E-state index is 0.201. The van der Waals surface area contributed by atoms with Crippen LogP contribution in [0, 0.1) is 5.82 Å². The fourth-order valence-electron chi connectivity index (χ4n) is 2.89. The van der Waals surface area contributed by atoms with Gasteiger partial charge < -0.3 is 21.4 Å². The van der Waals surface area contributed by atoms with E-state index in [1.54, 1.807) is 24.3 Å². The topological polar surface area (TPSA) is 126 Å². The number of carbonyl (C=O) groups is 2. The largest absolute Gasteiger partial charge is 0.383 e. The highest BCUT2D eigenvalue weighted by Crippen LogP contribution is 2.24. The Bertz CT molecular complexity index is 1220. The summed E-state index contributed by atoms with van der Waals surface area (Å²) in [7, 11) is 0. The molecule has 5 N–H and O–H groups in total. The second kappa shape index (κ2) is 7.39. The molecule has 0 aliphatic heterocycles. The van der Waals surface area contributed by atoms with Crippen LogP contribution >= 0.6 is 0 Å². The minimum Gasteiger partial charge on any atom is -0.383 e. The van der Waals surface area contributed by atoms with Crippen LogP contribution in [0.3, 0.4) is 0 Å². The Hall–Kier alpha value is -4.27. The number of amides is 2. The number of nitrogens with two attached hydrogens (primary N) is 1. The fraction of sp³-hybridized carbons (Fsp3) is 0. The van der Waals surface area contributed by atoms with Crippen molar-refractivity contribution < 1.29 is 14.0 Å². The Balaban J connectivity index is 1.54. The maximum Gasteiger partial charge on any atom is 0.323 e. The first-order chi connectivity index (χ1) is 14.0. The number of rotatable bonds is 4. The van der Waals surface area contributed by atoms with Crippen molar-refractivity contribution in [2.45, 2.75) is 0 Å². The summed E-state index contributed by atoms with van der Waals surface area (Å²) in [6.07, 6.45) is 2.84. The van der Waals surface area contributed by atoms with Gasteiger partial charge >= 0.3 is 6.03 Å². The second-order valence-electron chi connectivity index (χ2n) is 6.18. The molecule has 0 aliphatic rings. The molecular formula is C20H15FN6O2. The van der Waals surface area contributed by atoms with E-state index >= 15 is 0 Å². The van der Waals surface area contributed by atoms with Crippen LogP contribution in [0.1, 0.15) is 15.9 Å². The third-order valence-corrected chi connectivity index (χ3v) is 4.23. The summed E-state index contributed by atoms with van der Waals surface area (Å²) in [6.45, 7) is 0. The predicted octanol–water partition coefficient (Wildman–Crippen LogP) is 3.55. The summed E-state index contributed by atoms with van der Waals surface area (Å²) in [5, 5.41) is 5.68. The van der Waals surface area contributed by atoms with E-state index in [1.165, 1.54) is 36.8 Å². The Morgan fingerprint density at radius 2 is 1.76 bits per heavy atom. The average Bonchev–Trinajstić information content (AvgIpc) is 3.15. The van der Waals surface area contributed by atoms with Gasteiger partial charge in [0.25, 0.3) is 0 Å². The minimum atomic E-state index is -0.522. The van der Waals surface area contributed by atoms with Crippen LogP contribution in [0.2, 0.25) is 0 Å². The number of urea groups is 1. The molecule has 4 rings (SSSR count). The zero-order valence-corrected chi connectivity index (χ0v) is 14.9. The molecule has 4 aromatic rings. The molecule has 2 aromatic carbocycles. The highest BCUT2D eigenvalue weighted by Gasteiger charge is 2.18. The Kier molecular flexibility index (Phi) is 4.62. The van der Waals surface area contributed by atoms with Crippen molar-refractivity contribution in [3.8, 4) is 0 Å². The monoisotopic (exact) mass is 390 g/mol. The van der Waals surface area contributed by atoms with Crippen LogP contribution in [-0.4, -0.2) is 26.8 Å². The molecule has 0 fully saturated rings. The van der Waals surface area contributed by atoms with E-state index in [0.29, 0.717) is 33.5 Å². The standard InChI is InChI=1S/C20H15FN6O2/c21-12-4-6-13(7-5-12)26-20(29)27-14-3-1-2-11(8-14)17(28)15-9-23-19-16(15)18(22)24-10-25-19/h1-10H,(H2,26,27,29)(H3,22,23,24,25). The first-order valence-electron chi connectivity index (χ1n) is 8.57. The molecule has 0 spiro atoms. The molecule has 0 radical (unpaired) electrons. The van der Waals surface area contributed by atoms with Crippen LogP contribution in [-0.2, 0) is 0 Å². The molecule has 29 heavy (non-hydrogen) atoms. The third kappa shape index (κ3) is 3.74. The van der Waals surface area contributed by atoms with Crippen molar-refractivity contribution in [3.63, 3.8) is 0 Å². The zero-order valence-electron chi connectivity index (χ0n) is 14.9. The van der Waals surface area contributed by atoms with E-state index in [1.807, 2.05) is 0 Å². The van der Waals surface area contributed by atoms with E-state index in [0.717, 1.165) is 0 Å². The number of hydrogen-bond acceptors (Lipinski definition) is 5. The number of halogens is 1. The summed E-state index contributed by atoms with van der Waals surface area (Å²) >= 11 is 0. The van der Waals surface area contributed by atoms with Gasteiger partial charge in [-0.05, 0) is 36.4 Å². The first-order valence-corrected chi connectivity index (χ1v) is 8.57. The van der Waals surface area contributed by atoms with Gasteiger partial charge in [0.15, 0.2) is 5.78 Å². The summed E-state index contributed by atoms with van der Waals surface area (Å²) in [6, 6.07) is 11.3. The number of carbonyl (C=O) groups excluding carboxylic acids is 2. The van der Waals surface area contributed by atoms with Crippen molar-refractivity contribution in [3.05, 3.63) is 78.0 Å². The molecule has 0 atom stereocenters. The van der Waals surface area contributed by atoms with Crippen molar-refractivity contribution in [2.75, 3.05) is 16.4 Å². The summed E-state index contributed by atoms with van der Waals surface area (Å²) in [4.78, 5) is 36.0. The molecule has 0 saturated carbocycles. The van der Waals surface area contributed by atoms with Crippen molar-refractivity contribution >= 4 is 40.0 Å². The number of benzene rings is 2. The lowest BCUT2D eigenvalue weighted by Crippen LogP contribution is -2.19. The van der Waals surface area contributed by atoms with Crippen LogP contribution in [0.4, 0.5) is 26.4 Å². The van der Waals surface area contributed by atoms with Gasteiger partial charge in [-0.15, -0.1) is 0 Å². The summed E-state index contributed by atoms with van der Waals surface area (Å²) in [5.74, 6) is -0.488. The Morgan fingerprint density at radius 3 is 2.55 bits per heavy atom. The van der Waals surface area contributed by atoms with E-state index in [2.05, 4.69) is 25.6 Å². The van der Waals surface area contributed by atoms with Gasteiger partial charge in [0.05, 0.1) is 10.9 Å². The molecule has 8 nitrogen and oxygen atoms in total. The third-order valence-electron chi connectivity index (χ3n) is 4.23. The predicted molar refractivity (Wildman–Crippen MR) is 107 cm³/mol. The quantitative estimate of drug-likeness (QED) is 0.397. The maximum absolute atomic E-state index is 13.0. The van der Waals surface area contributed by atoms with E-state index in [9.17, 15) is 14.0 Å². The SMILES string of the molecule is Nc1ncnc2[nH]cc(C(=O)c3cccc(NC(=O)Nc4ccc(F)cc4)c3)c12. The van der Waals surface area contributed by atoms with Crippen LogP contribution in [0.25, 0.3) is 11.0 Å². The number of nitrogens with zero attached hydrogens (tertiary/aromatic N) is 2. The molecule has 2 heterocycles. The van der Waals surface area contributed by atoms with E-state index < -0.39 is 11.8 Å². The van der Waals surface area contributed by atoms with Crippen molar-refractivity contribution in [2.24, 2.45) is 0 Å². The van der Waals surface area contributed by atoms with E-state index in [4.69, 9.17) is 5.73 Å². The molecule has 144 valence electrons. The molecular weight excluding hydrogens is 375 g/mol. The molecule has 0 bridgehead atoms. The highest BCUT2D eigenvalue weighted by molar-refractivity contribution is 6.18. The number of nitrogens with one attached hydrogen (secondary N) is 3. The highest BCUT2D eigenvalue weighted by atomic mass is 19.1. The van der Waals surface area contributed by atoms with Crippen molar-refractivity contribution in [1.82, 2.24) is 15.0 Å². The van der Waals surface area contributed by atoms with Crippen LogP contribution in [0.15, 0.2) is 61.1 Å². The maximum atomic E-state index is 13.0. The number of ketones is 1. The smallest absolute Gasteiger partial charge is 0.323 e. The average molecular weight is 390 g/mol. The molecule has 9 heteroatoms. The van der Waals surface area contributed by atoms with Gasteiger partial charge in [-0.3, -0.25) is 4.79 Å². The number of anilines is 3. The number of aromatic amines is 1. The van der Waals surface area contributed by atoms with Gasteiger partial charge in [0.1, 0.15) is 23.6 Å². The Labute approximate surface area is 164 Å². The lowest BCUT2D eigenvalue weighted by molar-refractivity contribution is 0.104. The van der Waals surface area contributed by atoms with Gasteiger partial charge in [0, 0.05) is 23.1 Å². The normalized spacial score (nSPS) is 10.7. The lowest BCUT2D eigenvalue weighted by Gasteiger charge is -2.09. The molecule has 2 amide bonds. The zero-order chi connectivity index (χ0) is 20.4. The van der Waals surface area contributed by atoms with Gasteiger partial charge in [0.2, 0.25) is 0 Å².